The highest BCUT2D eigenvalue weighted by Crippen LogP contribution is 2.22. The van der Waals surface area contributed by atoms with E-state index in [0.29, 0.717) is 5.56 Å². The van der Waals surface area contributed by atoms with E-state index in [0.717, 1.165) is 0 Å². The van der Waals surface area contributed by atoms with Crippen molar-refractivity contribution in [2.45, 2.75) is 38.3 Å². The highest BCUT2D eigenvalue weighted by molar-refractivity contribution is 5.77. The number of halogens is 1. The smallest absolute Gasteiger partial charge is 0.324 e. The summed E-state index contributed by atoms with van der Waals surface area (Å²) in [4.78, 5) is 11.9. The average molecular weight is 265 g/mol. The van der Waals surface area contributed by atoms with Gasteiger partial charge in [-0.3, -0.25) is 4.79 Å². The highest BCUT2D eigenvalue weighted by Gasteiger charge is 2.28. The molecule has 104 valence electrons. The topological polar surface area (TPSA) is 52.3 Å². The van der Waals surface area contributed by atoms with Gasteiger partial charge in [0, 0.05) is 5.92 Å². The molecule has 0 radical (unpaired) electrons. The number of esters is 1. The fourth-order valence-corrected chi connectivity index (χ4v) is 1.72. The summed E-state index contributed by atoms with van der Waals surface area (Å²) in [6.07, 6.45) is 1.53. The van der Waals surface area contributed by atoms with Crippen molar-refractivity contribution < 1.29 is 13.9 Å². The molecule has 0 aromatic heterocycles. The van der Waals surface area contributed by atoms with Crippen LogP contribution in [-0.4, -0.2) is 17.6 Å². The third-order valence-corrected chi connectivity index (χ3v) is 2.55. The van der Waals surface area contributed by atoms with Crippen molar-refractivity contribution in [2.24, 2.45) is 5.73 Å². The monoisotopic (exact) mass is 265 g/mol. The predicted molar refractivity (Wildman–Crippen MR) is 73.2 cm³/mol. The maximum atomic E-state index is 13.2. The summed E-state index contributed by atoms with van der Waals surface area (Å²) in [5, 5.41) is 0. The first-order chi connectivity index (χ1) is 8.74. The minimum absolute atomic E-state index is 0.374. The Balaban J connectivity index is 2.91. The molecule has 0 aliphatic rings. The summed E-state index contributed by atoms with van der Waals surface area (Å²) >= 11 is 0. The van der Waals surface area contributed by atoms with Gasteiger partial charge in [0.1, 0.15) is 17.5 Å². The molecule has 4 heteroatoms. The van der Waals surface area contributed by atoms with Crippen LogP contribution in [0.1, 0.15) is 32.3 Å². The number of rotatable bonds is 4. The van der Waals surface area contributed by atoms with E-state index in [9.17, 15) is 9.18 Å². The van der Waals surface area contributed by atoms with Gasteiger partial charge in [0.2, 0.25) is 0 Å². The lowest BCUT2D eigenvalue weighted by molar-refractivity contribution is -0.156. The average Bonchev–Trinajstić information content (AvgIpc) is 2.27. The SMILES string of the molecule is C=C[C@H](c1cccc(F)c1)[C@H](N)C(=O)OC(C)(C)C. The van der Waals surface area contributed by atoms with E-state index in [2.05, 4.69) is 6.58 Å². The zero-order chi connectivity index (χ0) is 14.6. The normalized spacial score (nSPS) is 14.6. The van der Waals surface area contributed by atoms with Crippen LogP contribution in [0, 0.1) is 5.82 Å². The van der Waals surface area contributed by atoms with E-state index in [1.807, 2.05) is 0 Å². The van der Waals surface area contributed by atoms with Gasteiger partial charge in [0.15, 0.2) is 0 Å². The van der Waals surface area contributed by atoms with E-state index in [4.69, 9.17) is 10.5 Å². The van der Waals surface area contributed by atoms with Gasteiger partial charge >= 0.3 is 5.97 Å². The van der Waals surface area contributed by atoms with Gasteiger partial charge in [-0.15, -0.1) is 6.58 Å². The molecule has 0 amide bonds. The maximum Gasteiger partial charge on any atom is 0.324 e. The van der Waals surface area contributed by atoms with E-state index < -0.39 is 23.5 Å². The second-order valence-corrected chi connectivity index (χ2v) is 5.38. The van der Waals surface area contributed by atoms with Crippen molar-refractivity contribution in [2.75, 3.05) is 0 Å². The largest absolute Gasteiger partial charge is 0.459 e. The third kappa shape index (κ3) is 4.48. The molecule has 0 fully saturated rings. The molecule has 0 spiro atoms. The molecule has 0 saturated heterocycles. The molecule has 0 saturated carbocycles. The second kappa shape index (κ2) is 5.97. The Hall–Kier alpha value is -1.68. The zero-order valence-electron chi connectivity index (χ0n) is 11.5. The van der Waals surface area contributed by atoms with Crippen LogP contribution in [-0.2, 0) is 9.53 Å². The number of benzene rings is 1. The fourth-order valence-electron chi connectivity index (χ4n) is 1.72. The number of carbonyl (C=O) groups is 1. The molecule has 0 unspecified atom stereocenters. The van der Waals surface area contributed by atoms with Crippen molar-refractivity contribution >= 4 is 5.97 Å². The molecule has 0 bridgehead atoms. The van der Waals surface area contributed by atoms with E-state index in [1.54, 1.807) is 32.9 Å². The molecule has 1 aromatic rings. The molecule has 1 rings (SSSR count). The molecule has 1 aromatic carbocycles. The minimum Gasteiger partial charge on any atom is -0.459 e. The van der Waals surface area contributed by atoms with Crippen LogP contribution in [0.5, 0.6) is 0 Å². The lowest BCUT2D eigenvalue weighted by atomic mass is 9.92. The standard InChI is InChI=1S/C15H20FNO2/c1-5-12(10-7-6-8-11(16)9-10)13(17)14(18)19-15(2,3)4/h5-9,12-13H,1,17H2,2-4H3/t12-,13+/m1/s1. The Morgan fingerprint density at radius 2 is 2.11 bits per heavy atom. The molecule has 19 heavy (non-hydrogen) atoms. The Labute approximate surface area is 113 Å². The van der Waals surface area contributed by atoms with Crippen LogP contribution in [0.15, 0.2) is 36.9 Å². The van der Waals surface area contributed by atoms with Crippen molar-refractivity contribution in [1.29, 1.82) is 0 Å². The summed E-state index contributed by atoms with van der Waals surface area (Å²) < 4.78 is 18.4. The van der Waals surface area contributed by atoms with Crippen LogP contribution < -0.4 is 5.73 Å². The molecule has 0 aliphatic heterocycles. The Kier molecular flexibility index (Phi) is 4.84. The van der Waals surface area contributed by atoms with E-state index in [1.165, 1.54) is 18.2 Å². The predicted octanol–water partition coefficient (Wildman–Crippen LogP) is 2.76. The lowest BCUT2D eigenvalue weighted by Crippen LogP contribution is -2.41. The van der Waals surface area contributed by atoms with Gasteiger partial charge in [-0.1, -0.05) is 18.2 Å². The first kappa shape index (κ1) is 15.4. The highest BCUT2D eigenvalue weighted by atomic mass is 19.1. The zero-order valence-corrected chi connectivity index (χ0v) is 11.5. The summed E-state index contributed by atoms with van der Waals surface area (Å²) in [5.74, 6) is -1.38. The first-order valence-corrected chi connectivity index (χ1v) is 6.11. The molecular formula is C15H20FNO2. The van der Waals surface area contributed by atoms with E-state index >= 15 is 0 Å². The van der Waals surface area contributed by atoms with Gasteiger partial charge in [0.05, 0.1) is 0 Å². The molecule has 3 nitrogen and oxygen atoms in total. The van der Waals surface area contributed by atoms with Gasteiger partial charge in [-0.2, -0.15) is 0 Å². The number of ether oxygens (including phenoxy) is 1. The summed E-state index contributed by atoms with van der Waals surface area (Å²) in [6, 6.07) is 5.06. The molecule has 2 atom stereocenters. The molecular weight excluding hydrogens is 245 g/mol. The van der Waals surface area contributed by atoms with Crippen LogP contribution in [0.4, 0.5) is 4.39 Å². The van der Waals surface area contributed by atoms with Crippen molar-refractivity contribution in [3.63, 3.8) is 0 Å². The number of hydrogen-bond acceptors (Lipinski definition) is 3. The molecule has 2 N–H and O–H groups in total. The first-order valence-electron chi connectivity index (χ1n) is 6.11. The number of carbonyl (C=O) groups excluding carboxylic acids is 1. The fraction of sp³-hybridized carbons (Fsp3) is 0.400. The molecule has 0 heterocycles. The Bertz CT molecular complexity index is 465. The maximum absolute atomic E-state index is 13.2. The minimum atomic E-state index is -0.904. The van der Waals surface area contributed by atoms with Gasteiger partial charge < -0.3 is 10.5 Å². The van der Waals surface area contributed by atoms with Crippen molar-refractivity contribution in [3.05, 3.63) is 48.3 Å². The number of hydrogen-bond donors (Lipinski definition) is 1. The summed E-state index contributed by atoms with van der Waals surface area (Å²) in [5.41, 5.74) is 5.89. The Morgan fingerprint density at radius 1 is 1.47 bits per heavy atom. The van der Waals surface area contributed by atoms with Gasteiger partial charge in [-0.05, 0) is 38.5 Å². The lowest BCUT2D eigenvalue weighted by Gasteiger charge is -2.25. The second-order valence-electron chi connectivity index (χ2n) is 5.38. The van der Waals surface area contributed by atoms with Crippen LogP contribution in [0.3, 0.4) is 0 Å². The third-order valence-electron chi connectivity index (χ3n) is 2.55. The van der Waals surface area contributed by atoms with Gasteiger partial charge in [-0.25, -0.2) is 4.39 Å². The van der Waals surface area contributed by atoms with Crippen LogP contribution >= 0.6 is 0 Å². The van der Waals surface area contributed by atoms with Crippen LogP contribution in [0.2, 0.25) is 0 Å². The molecule has 0 aliphatic carbocycles. The summed E-state index contributed by atoms with van der Waals surface area (Å²) in [7, 11) is 0. The van der Waals surface area contributed by atoms with Gasteiger partial charge in [0.25, 0.3) is 0 Å². The number of nitrogens with two attached hydrogens (primary N) is 1. The quantitative estimate of drug-likeness (QED) is 0.672. The summed E-state index contributed by atoms with van der Waals surface area (Å²) in [6.45, 7) is 8.96. The van der Waals surface area contributed by atoms with E-state index in [-0.39, 0.29) is 5.82 Å². The van der Waals surface area contributed by atoms with Crippen molar-refractivity contribution in [3.8, 4) is 0 Å². The van der Waals surface area contributed by atoms with Crippen molar-refractivity contribution in [1.82, 2.24) is 0 Å². The Morgan fingerprint density at radius 3 is 2.58 bits per heavy atom. The van der Waals surface area contributed by atoms with Crippen LogP contribution in [0.25, 0.3) is 0 Å².